The molecule has 0 aliphatic rings. The van der Waals surface area contributed by atoms with Crippen molar-refractivity contribution >= 4 is 5.82 Å². The Morgan fingerprint density at radius 3 is 2.58 bits per heavy atom. The largest absolute Gasteiger partial charge is 0.362 e. The molecule has 1 aromatic rings. The van der Waals surface area contributed by atoms with Crippen molar-refractivity contribution in [3.05, 3.63) is 23.9 Å². The standard InChI is InChI=1S/C9H15N3/c1-7(10)8-5-4-6-11-9(8)12(2)3/h4-7H,10H2,1-3H3/t7-/m0/s1. The molecule has 0 aliphatic carbocycles. The highest BCUT2D eigenvalue weighted by atomic mass is 15.1. The first-order valence-electron chi connectivity index (χ1n) is 4.00. The van der Waals surface area contributed by atoms with Crippen LogP contribution in [0.2, 0.25) is 0 Å². The van der Waals surface area contributed by atoms with E-state index in [0.29, 0.717) is 0 Å². The van der Waals surface area contributed by atoms with Gasteiger partial charge in [0.25, 0.3) is 0 Å². The number of aromatic nitrogens is 1. The highest BCUT2D eigenvalue weighted by Gasteiger charge is 2.07. The van der Waals surface area contributed by atoms with Gasteiger partial charge < -0.3 is 10.6 Å². The summed E-state index contributed by atoms with van der Waals surface area (Å²) in [6, 6.07) is 3.95. The molecule has 0 spiro atoms. The summed E-state index contributed by atoms with van der Waals surface area (Å²) in [5, 5.41) is 0. The van der Waals surface area contributed by atoms with E-state index in [-0.39, 0.29) is 6.04 Å². The SMILES string of the molecule is C[C@H](N)c1cccnc1N(C)C. The number of nitrogens with two attached hydrogens (primary N) is 1. The van der Waals surface area contributed by atoms with E-state index in [1.54, 1.807) is 6.20 Å². The predicted octanol–water partition coefficient (Wildman–Crippen LogP) is 1.17. The average Bonchev–Trinajstić information content (AvgIpc) is 2.04. The summed E-state index contributed by atoms with van der Waals surface area (Å²) >= 11 is 0. The molecule has 0 saturated carbocycles. The maximum Gasteiger partial charge on any atom is 0.132 e. The molecular formula is C9H15N3. The van der Waals surface area contributed by atoms with Crippen molar-refractivity contribution in [3.63, 3.8) is 0 Å². The molecule has 2 N–H and O–H groups in total. The summed E-state index contributed by atoms with van der Waals surface area (Å²) < 4.78 is 0. The van der Waals surface area contributed by atoms with Crippen LogP contribution in [-0.4, -0.2) is 19.1 Å². The second kappa shape index (κ2) is 3.54. The van der Waals surface area contributed by atoms with E-state index in [1.165, 1.54) is 0 Å². The van der Waals surface area contributed by atoms with Gasteiger partial charge in [0.2, 0.25) is 0 Å². The van der Waals surface area contributed by atoms with Crippen LogP contribution < -0.4 is 10.6 Å². The van der Waals surface area contributed by atoms with Gasteiger partial charge in [-0.15, -0.1) is 0 Å². The fraction of sp³-hybridized carbons (Fsp3) is 0.444. The van der Waals surface area contributed by atoms with Crippen molar-refractivity contribution in [2.45, 2.75) is 13.0 Å². The summed E-state index contributed by atoms with van der Waals surface area (Å²) in [7, 11) is 3.93. The highest BCUT2D eigenvalue weighted by molar-refractivity contribution is 5.46. The predicted molar refractivity (Wildman–Crippen MR) is 51.2 cm³/mol. The lowest BCUT2D eigenvalue weighted by Crippen LogP contribution is -2.16. The van der Waals surface area contributed by atoms with Gasteiger partial charge in [-0.1, -0.05) is 6.07 Å². The molecule has 1 atom stereocenters. The van der Waals surface area contributed by atoms with Gasteiger partial charge in [0.15, 0.2) is 0 Å². The summed E-state index contributed by atoms with van der Waals surface area (Å²) in [5.74, 6) is 0.951. The molecule has 1 heterocycles. The van der Waals surface area contributed by atoms with Crippen LogP contribution in [0.4, 0.5) is 5.82 Å². The third kappa shape index (κ3) is 1.74. The Kier molecular flexibility index (Phi) is 2.65. The lowest BCUT2D eigenvalue weighted by Gasteiger charge is -2.17. The molecule has 0 amide bonds. The Hall–Kier alpha value is -1.09. The molecule has 3 nitrogen and oxygen atoms in total. The van der Waals surface area contributed by atoms with Crippen LogP contribution in [0.1, 0.15) is 18.5 Å². The van der Waals surface area contributed by atoms with Crippen LogP contribution in [0.5, 0.6) is 0 Å². The molecule has 1 aromatic heterocycles. The van der Waals surface area contributed by atoms with Gasteiger partial charge in [-0.3, -0.25) is 0 Å². The van der Waals surface area contributed by atoms with E-state index in [1.807, 2.05) is 38.1 Å². The Bertz CT molecular complexity index is 229. The second-order valence-electron chi connectivity index (χ2n) is 3.10. The zero-order chi connectivity index (χ0) is 9.14. The van der Waals surface area contributed by atoms with Gasteiger partial charge in [0.05, 0.1) is 0 Å². The molecule has 0 unspecified atom stereocenters. The van der Waals surface area contributed by atoms with E-state index in [2.05, 4.69) is 4.98 Å². The highest BCUT2D eigenvalue weighted by Crippen LogP contribution is 2.19. The maximum absolute atomic E-state index is 5.79. The Morgan fingerprint density at radius 1 is 1.50 bits per heavy atom. The number of hydrogen-bond donors (Lipinski definition) is 1. The van der Waals surface area contributed by atoms with Gasteiger partial charge in [-0.05, 0) is 13.0 Å². The summed E-state index contributed by atoms with van der Waals surface area (Å²) in [6.45, 7) is 1.96. The third-order valence-electron chi connectivity index (χ3n) is 1.73. The van der Waals surface area contributed by atoms with E-state index in [4.69, 9.17) is 5.73 Å². The van der Waals surface area contributed by atoms with Crippen molar-refractivity contribution in [2.24, 2.45) is 5.73 Å². The van der Waals surface area contributed by atoms with Crippen LogP contribution in [0.3, 0.4) is 0 Å². The van der Waals surface area contributed by atoms with Crippen molar-refractivity contribution in [3.8, 4) is 0 Å². The third-order valence-corrected chi connectivity index (χ3v) is 1.73. The zero-order valence-corrected chi connectivity index (χ0v) is 7.78. The van der Waals surface area contributed by atoms with Crippen LogP contribution in [0.25, 0.3) is 0 Å². The van der Waals surface area contributed by atoms with E-state index in [0.717, 1.165) is 11.4 Å². The summed E-state index contributed by atoms with van der Waals surface area (Å²) in [6.07, 6.45) is 1.78. The van der Waals surface area contributed by atoms with E-state index >= 15 is 0 Å². The quantitative estimate of drug-likeness (QED) is 0.715. The van der Waals surface area contributed by atoms with Gasteiger partial charge in [-0.2, -0.15) is 0 Å². The van der Waals surface area contributed by atoms with Gasteiger partial charge >= 0.3 is 0 Å². The van der Waals surface area contributed by atoms with Crippen LogP contribution in [0.15, 0.2) is 18.3 Å². The molecular weight excluding hydrogens is 150 g/mol. The first-order chi connectivity index (χ1) is 5.63. The van der Waals surface area contributed by atoms with Gasteiger partial charge in [0.1, 0.15) is 5.82 Å². The van der Waals surface area contributed by atoms with Crippen LogP contribution >= 0.6 is 0 Å². The van der Waals surface area contributed by atoms with Crippen LogP contribution in [-0.2, 0) is 0 Å². The molecule has 1 rings (SSSR count). The minimum atomic E-state index is 0.0381. The molecule has 3 heteroatoms. The van der Waals surface area contributed by atoms with Crippen molar-refractivity contribution < 1.29 is 0 Å². The number of anilines is 1. The monoisotopic (exact) mass is 165 g/mol. The Morgan fingerprint density at radius 2 is 2.17 bits per heavy atom. The molecule has 0 radical (unpaired) electrons. The fourth-order valence-electron chi connectivity index (χ4n) is 1.14. The average molecular weight is 165 g/mol. The minimum absolute atomic E-state index is 0.0381. The molecule has 66 valence electrons. The lowest BCUT2D eigenvalue weighted by molar-refractivity contribution is 0.804. The zero-order valence-electron chi connectivity index (χ0n) is 7.78. The number of nitrogens with zero attached hydrogens (tertiary/aromatic N) is 2. The van der Waals surface area contributed by atoms with Gasteiger partial charge in [-0.25, -0.2) is 4.98 Å². The first-order valence-corrected chi connectivity index (χ1v) is 4.00. The second-order valence-corrected chi connectivity index (χ2v) is 3.10. The molecule has 0 saturated heterocycles. The fourth-order valence-corrected chi connectivity index (χ4v) is 1.14. The molecule has 0 fully saturated rings. The maximum atomic E-state index is 5.79. The molecule has 0 bridgehead atoms. The molecule has 0 aromatic carbocycles. The minimum Gasteiger partial charge on any atom is -0.362 e. The Balaban J connectivity index is 3.09. The summed E-state index contributed by atoms with van der Waals surface area (Å²) in [4.78, 5) is 6.22. The van der Waals surface area contributed by atoms with Crippen molar-refractivity contribution in [1.29, 1.82) is 0 Å². The number of rotatable bonds is 2. The van der Waals surface area contributed by atoms with Crippen molar-refractivity contribution in [1.82, 2.24) is 4.98 Å². The van der Waals surface area contributed by atoms with E-state index < -0.39 is 0 Å². The van der Waals surface area contributed by atoms with Crippen molar-refractivity contribution in [2.75, 3.05) is 19.0 Å². The molecule has 12 heavy (non-hydrogen) atoms. The number of pyridine rings is 1. The lowest BCUT2D eigenvalue weighted by atomic mass is 10.1. The smallest absolute Gasteiger partial charge is 0.132 e. The van der Waals surface area contributed by atoms with Crippen LogP contribution in [0, 0.1) is 0 Å². The number of hydrogen-bond acceptors (Lipinski definition) is 3. The normalized spacial score (nSPS) is 12.7. The Labute approximate surface area is 73.2 Å². The summed E-state index contributed by atoms with van der Waals surface area (Å²) in [5.41, 5.74) is 6.87. The molecule has 0 aliphatic heterocycles. The van der Waals surface area contributed by atoms with Gasteiger partial charge in [0, 0.05) is 31.9 Å². The topological polar surface area (TPSA) is 42.1 Å². The first kappa shape index (κ1) is 9.00. The van der Waals surface area contributed by atoms with E-state index in [9.17, 15) is 0 Å².